The smallest absolute Gasteiger partial charge is 0.326 e. The molecule has 116 valence electrons. The molecule has 1 aliphatic rings. The molecule has 7 heteroatoms. The fourth-order valence-electron chi connectivity index (χ4n) is 2.29. The fraction of sp³-hybridized carbons (Fsp3) is 0.500. The second-order valence-electron chi connectivity index (χ2n) is 4.99. The highest BCUT2D eigenvalue weighted by Gasteiger charge is 2.38. The molecule has 1 aromatic carbocycles. The molecule has 0 heterocycles. The Bertz CT molecular complexity index is 540. The molecule has 1 atom stereocenters. The molecule has 1 N–H and O–H groups in total. The van der Waals surface area contributed by atoms with Gasteiger partial charge in [0.1, 0.15) is 17.7 Å². The van der Waals surface area contributed by atoms with E-state index in [2.05, 4.69) is 15.9 Å². The van der Waals surface area contributed by atoms with Crippen LogP contribution in [0, 0.1) is 11.6 Å². The van der Waals surface area contributed by atoms with Gasteiger partial charge in [-0.3, -0.25) is 0 Å². The van der Waals surface area contributed by atoms with Gasteiger partial charge < -0.3 is 10.0 Å². The summed E-state index contributed by atoms with van der Waals surface area (Å²) in [7, 11) is 0. The van der Waals surface area contributed by atoms with Gasteiger partial charge in [-0.2, -0.15) is 11.8 Å². The fourth-order valence-corrected chi connectivity index (χ4v) is 3.08. The van der Waals surface area contributed by atoms with E-state index in [1.165, 1.54) is 6.07 Å². The van der Waals surface area contributed by atoms with Gasteiger partial charge in [-0.05, 0) is 53.3 Å². The summed E-state index contributed by atoms with van der Waals surface area (Å²) in [5.74, 6) is -1.72. The van der Waals surface area contributed by atoms with Crippen molar-refractivity contribution in [3.05, 3.63) is 28.2 Å². The topological polar surface area (TPSA) is 40.5 Å². The maximum absolute atomic E-state index is 14.1. The largest absolute Gasteiger partial charge is 0.480 e. The first-order valence-corrected chi connectivity index (χ1v) is 8.79. The van der Waals surface area contributed by atoms with Crippen LogP contribution in [0.15, 0.2) is 16.6 Å². The minimum atomic E-state index is -0.976. The van der Waals surface area contributed by atoms with Crippen molar-refractivity contribution in [3.8, 4) is 0 Å². The number of carboxylic acids is 1. The van der Waals surface area contributed by atoms with Crippen LogP contribution in [0.4, 0.5) is 14.5 Å². The number of carboxylic acid groups (broad SMARTS) is 1. The zero-order valence-electron chi connectivity index (χ0n) is 11.5. The van der Waals surface area contributed by atoms with Crippen molar-refractivity contribution < 1.29 is 18.7 Å². The summed E-state index contributed by atoms with van der Waals surface area (Å²) in [5, 5.41) is 9.46. The molecule has 1 aromatic rings. The number of benzene rings is 1. The number of anilines is 1. The maximum atomic E-state index is 14.1. The lowest BCUT2D eigenvalue weighted by Gasteiger charge is -2.31. The lowest BCUT2D eigenvalue weighted by Crippen LogP contribution is -2.44. The number of hydrogen-bond donors (Lipinski definition) is 1. The molecule has 3 nitrogen and oxygen atoms in total. The highest BCUT2D eigenvalue weighted by molar-refractivity contribution is 9.10. The van der Waals surface area contributed by atoms with Gasteiger partial charge in [-0.25, -0.2) is 13.6 Å². The van der Waals surface area contributed by atoms with E-state index in [0.29, 0.717) is 12.2 Å². The predicted octanol–water partition coefficient (Wildman–Crippen LogP) is 3.90. The highest BCUT2D eigenvalue weighted by Crippen LogP contribution is 2.37. The summed E-state index contributed by atoms with van der Waals surface area (Å²) in [6.07, 6.45) is 3.98. The molecule has 0 amide bonds. The number of carbonyl (C=O) groups is 1. The van der Waals surface area contributed by atoms with E-state index in [4.69, 9.17) is 0 Å². The number of nitrogens with zero attached hydrogens (tertiary/aromatic N) is 1. The van der Waals surface area contributed by atoms with E-state index in [9.17, 15) is 18.7 Å². The first-order valence-electron chi connectivity index (χ1n) is 6.60. The molecule has 0 bridgehead atoms. The third-order valence-electron chi connectivity index (χ3n) is 3.42. The Kier molecular flexibility index (Phi) is 5.48. The van der Waals surface area contributed by atoms with Crippen molar-refractivity contribution in [2.45, 2.75) is 31.3 Å². The lowest BCUT2D eigenvalue weighted by atomic mass is 10.1. The summed E-state index contributed by atoms with van der Waals surface area (Å²) in [6.45, 7) is 0. The zero-order chi connectivity index (χ0) is 15.6. The summed E-state index contributed by atoms with van der Waals surface area (Å²) < 4.78 is 27.6. The number of hydrogen-bond acceptors (Lipinski definition) is 3. The molecule has 1 unspecified atom stereocenters. The first kappa shape index (κ1) is 16.5. The second-order valence-corrected chi connectivity index (χ2v) is 6.83. The van der Waals surface area contributed by atoms with E-state index < -0.39 is 23.6 Å². The molecule has 1 saturated carbocycles. The van der Waals surface area contributed by atoms with E-state index in [-0.39, 0.29) is 16.2 Å². The second kappa shape index (κ2) is 6.96. The first-order chi connectivity index (χ1) is 9.95. The molecule has 1 aliphatic carbocycles. The summed E-state index contributed by atoms with van der Waals surface area (Å²) >= 11 is 4.59. The van der Waals surface area contributed by atoms with Gasteiger partial charge in [0.05, 0.1) is 10.2 Å². The number of thioether (sulfide) groups is 1. The van der Waals surface area contributed by atoms with Gasteiger partial charge in [0, 0.05) is 12.1 Å². The van der Waals surface area contributed by atoms with E-state index in [1.807, 2.05) is 6.26 Å². The molecule has 21 heavy (non-hydrogen) atoms. The number of aliphatic carboxylic acids is 1. The van der Waals surface area contributed by atoms with Crippen molar-refractivity contribution in [1.29, 1.82) is 0 Å². The monoisotopic (exact) mass is 379 g/mol. The molecule has 0 spiro atoms. The van der Waals surface area contributed by atoms with Gasteiger partial charge in [0.15, 0.2) is 0 Å². The van der Waals surface area contributed by atoms with E-state index in [0.717, 1.165) is 18.9 Å². The Hall–Kier alpha value is -0.820. The Morgan fingerprint density at radius 1 is 1.48 bits per heavy atom. The maximum Gasteiger partial charge on any atom is 0.326 e. The number of rotatable bonds is 7. The highest BCUT2D eigenvalue weighted by atomic mass is 79.9. The molecular weight excluding hydrogens is 364 g/mol. The van der Waals surface area contributed by atoms with Crippen LogP contribution in [0.25, 0.3) is 0 Å². The van der Waals surface area contributed by atoms with Crippen LogP contribution >= 0.6 is 27.7 Å². The van der Waals surface area contributed by atoms with Crippen LogP contribution in [-0.2, 0) is 4.79 Å². The lowest BCUT2D eigenvalue weighted by molar-refractivity contribution is -0.138. The van der Waals surface area contributed by atoms with Crippen LogP contribution in [0.3, 0.4) is 0 Å². The Balaban J connectivity index is 2.38. The third-order valence-corrected chi connectivity index (χ3v) is 4.68. The molecule has 0 aliphatic heterocycles. The average molecular weight is 380 g/mol. The van der Waals surface area contributed by atoms with Crippen molar-refractivity contribution >= 4 is 39.3 Å². The number of halogens is 3. The van der Waals surface area contributed by atoms with Crippen molar-refractivity contribution in [3.63, 3.8) is 0 Å². The van der Waals surface area contributed by atoms with E-state index in [1.54, 1.807) is 16.7 Å². The molecule has 0 aromatic heterocycles. The van der Waals surface area contributed by atoms with Crippen LogP contribution < -0.4 is 4.90 Å². The minimum Gasteiger partial charge on any atom is -0.480 e. The van der Waals surface area contributed by atoms with Crippen molar-refractivity contribution in [2.75, 3.05) is 16.9 Å². The van der Waals surface area contributed by atoms with Crippen LogP contribution in [-0.4, -0.2) is 35.2 Å². The molecule has 1 fully saturated rings. The Morgan fingerprint density at radius 2 is 2.14 bits per heavy atom. The van der Waals surface area contributed by atoms with Gasteiger partial charge in [-0.1, -0.05) is 0 Å². The Labute approximate surface area is 134 Å². The summed E-state index contributed by atoms with van der Waals surface area (Å²) in [6, 6.07) is 1.34. The molecule has 2 rings (SSSR count). The summed E-state index contributed by atoms with van der Waals surface area (Å²) in [4.78, 5) is 13.2. The van der Waals surface area contributed by atoms with Gasteiger partial charge >= 0.3 is 5.97 Å². The van der Waals surface area contributed by atoms with Crippen LogP contribution in [0.1, 0.15) is 19.3 Å². The molecule has 0 saturated heterocycles. The predicted molar refractivity (Wildman–Crippen MR) is 84.0 cm³/mol. The van der Waals surface area contributed by atoms with Crippen LogP contribution in [0.5, 0.6) is 0 Å². The zero-order valence-corrected chi connectivity index (χ0v) is 13.9. The van der Waals surface area contributed by atoms with Gasteiger partial charge in [0.25, 0.3) is 0 Å². The summed E-state index contributed by atoms with van der Waals surface area (Å²) in [5.41, 5.74) is 0.152. The molecular formula is C14H16BrF2NO2S. The van der Waals surface area contributed by atoms with Gasteiger partial charge in [0.2, 0.25) is 0 Å². The minimum absolute atomic E-state index is 0.0137. The third kappa shape index (κ3) is 3.88. The van der Waals surface area contributed by atoms with Crippen molar-refractivity contribution in [2.24, 2.45) is 0 Å². The van der Waals surface area contributed by atoms with E-state index >= 15 is 0 Å². The van der Waals surface area contributed by atoms with Crippen LogP contribution in [0.2, 0.25) is 0 Å². The SMILES string of the molecule is CSCCC(C(=O)O)N(c1cc(Br)c(F)cc1F)C1CC1. The quantitative estimate of drug-likeness (QED) is 0.729. The standard InChI is InChI=1S/C14H16BrF2NO2S/c1-21-5-4-12(14(19)20)18(8-2-3-8)13-6-9(15)10(16)7-11(13)17/h6-8,12H,2-5H2,1H3,(H,19,20). The normalized spacial score (nSPS) is 15.8. The van der Waals surface area contributed by atoms with Crippen molar-refractivity contribution in [1.82, 2.24) is 0 Å². The Morgan fingerprint density at radius 3 is 2.67 bits per heavy atom. The van der Waals surface area contributed by atoms with Gasteiger partial charge in [-0.15, -0.1) is 0 Å². The average Bonchev–Trinajstić information content (AvgIpc) is 3.23. The molecule has 0 radical (unpaired) electrons.